The number of hydrogen-bond donors (Lipinski definition) is 1. The quantitative estimate of drug-likeness (QED) is 0.724. The highest BCUT2D eigenvalue weighted by Crippen LogP contribution is 2.52. The second-order valence-corrected chi connectivity index (χ2v) is 9.84. The molecular formula is C23H29N5O3. The fourth-order valence-electron chi connectivity index (χ4n) is 6.42. The molecule has 1 aliphatic carbocycles. The van der Waals surface area contributed by atoms with E-state index in [0.717, 1.165) is 50.5 Å². The Morgan fingerprint density at radius 2 is 1.94 bits per heavy atom. The summed E-state index contributed by atoms with van der Waals surface area (Å²) in [5, 5.41) is 0. The fourth-order valence-corrected chi connectivity index (χ4v) is 6.42. The van der Waals surface area contributed by atoms with Crippen molar-refractivity contribution < 1.29 is 9.53 Å². The van der Waals surface area contributed by atoms with Crippen LogP contribution in [0.1, 0.15) is 29.3 Å². The van der Waals surface area contributed by atoms with Crippen molar-refractivity contribution in [3.8, 4) is 0 Å². The van der Waals surface area contributed by atoms with Crippen LogP contribution in [0.3, 0.4) is 0 Å². The van der Waals surface area contributed by atoms with E-state index in [1.807, 2.05) is 12.3 Å². The number of nitrogens with zero attached hydrogens (tertiary/aromatic N) is 4. The van der Waals surface area contributed by atoms with Crippen LogP contribution in [0.4, 0.5) is 0 Å². The highest BCUT2D eigenvalue weighted by molar-refractivity contribution is 5.76. The summed E-state index contributed by atoms with van der Waals surface area (Å²) in [4.78, 5) is 37.2. The van der Waals surface area contributed by atoms with E-state index in [4.69, 9.17) is 4.74 Å². The van der Waals surface area contributed by atoms with Crippen LogP contribution in [0.5, 0.6) is 0 Å². The minimum Gasteiger partial charge on any atom is -0.469 e. The molecule has 164 valence electrons. The number of aromatic nitrogens is 3. The monoisotopic (exact) mass is 423 g/mol. The zero-order chi connectivity index (χ0) is 21.1. The number of ether oxygens (including phenoxy) is 1. The molecule has 0 amide bonds. The summed E-state index contributed by atoms with van der Waals surface area (Å²) in [6.45, 7) is 6.17. The largest absolute Gasteiger partial charge is 0.469 e. The van der Waals surface area contributed by atoms with Gasteiger partial charge in [-0.25, -0.2) is 4.98 Å². The van der Waals surface area contributed by atoms with Crippen molar-refractivity contribution in [2.24, 2.45) is 23.7 Å². The summed E-state index contributed by atoms with van der Waals surface area (Å²) in [6, 6.07) is 4.23. The third-order valence-corrected chi connectivity index (χ3v) is 7.84. The first-order valence-electron chi connectivity index (χ1n) is 11.3. The Balaban J connectivity index is 1.15. The van der Waals surface area contributed by atoms with Gasteiger partial charge in [-0.05, 0) is 30.2 Å². The number of carbonyl (C=O) groups is 1. The number of fused-ring (bicyclic) bond motifs is 5. The summed E-state index contributed by atoms with van der Waals surface area (Å²) >= 11 is 0. The molecule has 5 heterocycles. The summed E-state index contributed by atoms with van der Waals surface area (Å²) < 4.78 is 6.95. The van der Waals surface area contributed by atoms with Gasteiger partial charge in [0.15, 0.2) is 0 Å². The number of imidazole rings is 1. The van der Waals surface area contributed by atoms with Gasteiger partial charge in [-0.15, -0.1) is 0 Å². The molecule has 3 aliphatic heterocycles. The Bertz CT molecular complexity index is 1040. The molecule has 6 rings (SSSR count). The Hall–Kier alpha value is -2.45. The minimum absolute atomic E-state index is 0.0726. The molecule has 0 radical (unpaired) electrons. The predicted molar refractivity (Wildman–Crippen MR) is 113 cm³/mol. The van der Waals surface area contributed by atoms with E-state index in [-0.39, 0.29) is 17.4 Å². The van der Waals surface area contributed by atoms with Gasteiger partial charge in [0.2, 0.25) is 0 Å². The highest BCUT2D eigenvalue weighted by Gasteiger charge is 2.60. The van der Waals surface area contributed by atoms with E-state index in [9.17, 15) is 9.59 Å². The van der Waals surface area contributed by atoms with Crippen molar-refractivity contribution in [2.75, 3.05) is 33.3 Å². The average Bonchev–Trinajstić information content (AvgIpc) is 3.10. The van der Waals surface area contributed by atoms with Crippen LogP contribution < -0.4 is 5.56 Å². The van der Waals surface area contributed by atoms with Crippen LogP contribution in [0, 0.1) is 23.7 Å². The number of likely N-dealkylation sites (tertiary alicyclic amines) is 2. The van der Waals surface area contributed by atoms with E-state index in [0.29, 0.717) is 30.2 Å². The van der Waals surface area contributed by atoms with Crippen molar-refractivity contribution in [1.29, 1.82) is 0 Å². The van der Waals surface area contributed by atoms with Gasteiger partial charge in [0.1, 0.15) is 0 Å². The van der Waals surface area contributed by atoms with Crippen LogP contribution in [0.2, 0.25) is 0 Å². The topological polar surface area (TPSA) is 83.5 Å². The molecule has 8 heteroatoms. The molecule has 4 aliphatic rings. The molecule has 2 aromatic rings. The van der Waals surface area contributed by atoms with Gasteiger partial charge < -0.3 is 14.3 Å². The van der Waals surface area contributed by atoms with E-state index >= 15 is 0 Å². The van der Waals surface area contributed by atoms with Crippen molar-refractivity contribution in [3.63, 3.8) is 0 Å². The van der Waals surface area contributed by atoms with Crippen LogP contribution >= 0.6 is 0 Å². The smallest absolute Gasteiger partial charge is 0.309 e. The number of hydrogen-bond acceptors (Lipinski definition) is 6. The van der Waals surface area contributed by atoms with Gasteiger partial charge in [0.25, 0.3) is 5.56 Å². The maximum atomic E-state index is 13.3. The van der Waals surface area contributed by atoms with Crippen LogP contribution in [-0.2, 0) is 29.2 Å². The molecule has 2 bridgehead atoms. The second-order valence-electron chi connectivity index (χ2n) is 9.84. The van der Waals surface area contributed by atoms with E-state index in [1.54, 1.807) is 6.33 Å². The SMILES string of the molecule is COC(=O)C1[C@H]2CN(Cc3ccc4n(c3=O)C[C@H]3C[C@@H]4CN(Cc4cnc[nH]4)C3)C[C@@H]12. The molecule has 31 heavy (non-hydrogen) atoms. The molecule has 1 saturated carbocycles. The van der Waals surface area contributed by atoms with Crippen molar-refractivity contribution >= 4 is 5.97 Å². The number of piperidine rings is 2. The molecule has 1 unspecified atom stereocenters. The summed E-state index contributed by atoms with van der Waals surface area (Å²) in [6.07, 6.45) is 4.80. The van der Waals surface area contributed by atoms with Crippen molar-refractivity contribution in [2.45, 2.75) is 32.0 Å². The Labute approximate surface area is 181 Å². The highest BCUT2D eigenvalue weighted by atomic mass is 16.5. The second kappa shape index (κ2) is 7.31. The minimum atomic E-state index is -0.0726. The molecule has 2 aromatic heterocycles. The summed E-state index contributed by atoms with van der Waals surface area (Å²) in [5.74, 6) is 1.76. The lowest BCUT2D eigenvalue weighted by Gasteiger charge is -2.42. The number of carbonyl (C=O) groups excluding carboxylic acids is 1. The number of rotatable bonds is 5. The standard InChI is InChI=1S/C23H29N5O3/c1-31-23(30)21-18-11-27(12-19(18)21)8-15-2-3-20-16-4-14(7-28(20)22(15)29)6-26(9-16)10-17-5-24-13-25-17/h2-3,5,13-14,16,18-19,21H,4,6-12H2,1H3,(H,24,25)/t14-,16+,18-,19+,21?/m0/s1. The number of H-pyrrole nitrogens is 1. The first-order chi connectivity index (χ1) is 15.1. The van der Waals surface area contributed by atoms with Gasteiger partial charge in [-0.2, -0.15) is 0 Å². The molecular weight excluding hydrogens is 394 g/mol. The lowest BCUT2D eigenvalue weighted by molar-refractivity contribution is -0.143. The van der Waals surface area contributed by atoms with E-state index in [1.165, 1.54) is 19.2 Å². The van der Waals surface area contributed by atoms with Gasteiger partial charge in [0, 0.05) is 74.9 Å². The van der Waals surface area contributed by atoms with Gasteiger partial charge >= 0.3 is 5.97 Å². The van der Waals surface area contributed by atoms with Crippen LogP contribution in [-0.4, -0.2) is 63.6 Å². The molecule has 3 fully saturated rings. The van der Waals surface area contributed by atoms with Gasteiger partial charge in [-0.1, -0.05) is 6.07 Å². The Kier molecular flexibility index (Phi) is 4.54. The van der Waals surface area contributed by atoms with Crippen molar-refractivity contribution in [1.82, 2.24) is 24.3 Å². The number of aromatic amines is 1. The number of methoxy groups -OCH3 is 1. The number of nitrogens with one attached hydrogen (secondary N) is 1. The fraction of sp³-hybridized carbons (Fsp3) is 0.609. The van der Waals surface area contributed by atoms with Crippen LogP contribution in [0.25, 0.3) is 0 Å². The van der Waals surface area contributed by atoms with Gasteiger partial charge in [-0.3, -0.25) is 19.4 Å². The molecule has 2 saturated heterocycles. The van der Waals surface area contributed by atoms with Crippen molar-refractivity contribution in [3.05, 3.63) is 52.0 Å². The normalized spacial score (nSPS) is 31.8. The first kappa shape index (κ1) is 19.3. The molecule has 0 aromatic carbocycles. The Morgan fingerprint density at radius 3 is 2.68 bits per heavy atom. The zero-order valence-electron chi connectivity index (χ0n) is 17.9. The zero-order valence-corrected chi connectivity index (χ0v) is 17.9. The van der Waals surface area contributed by atoms with Gasteiger partial charge in [0.05, 0.1) is 19.4 Å². The molecule has 0 spiro atoms. The number of esters is 1. The third-order valence-electron chi connectivity index (χ3n) is 7.84. The summed E-state index contributed by atoms with van der Waals surface area (Å²) in [5.41, 5.74) is 3.40. The number of pyridine rings is 1. The van der Waals surface area contributed by atoms with Crippen LogP contribution in [0.15, 0.2) is 29.5 Å². The lowest BCUT2D eigenvalue weighted by Crippen LogP contribution is -2.47. The maximum absolute atomic E-state index is 13.3. The first-order valence-corrected chi connectivity index (χ1v) is 11.3. The molecule has 5 atom stereocenters. The third kappa shape index (κ3) is 3.32. The molecule has 1 N–H and O–H groups in total. The molecule has 8 nitrogen and oxygen atoms in total. The van der Waals surface area contributed by atoms with E-state index in [2.05, 4.69) is 30.4 Å². The van der Waals surface area contributed by atoms with E-state index < -0.39 is 0 Å². The average molecular weight is 424 g/mol. The predicted octanol–water partition coefficient (Wildman–Crippen LogP) is 1.04. The summed E-state index contributed by atoms with van der Waals surface area (Å²) in [7, 11) is 1.47. The Morgan fingerprint density at radius 1 is 1.13 bits per heavy atom. The maximum Gasteiger partial charge on any atom is 0.309 e. The lowest BCUT2D eigenvalue weighted by atomic mass is 9.83.